The highest BCUT2D eigenvalue weighted by atomic mass is 32.1. The molecule has 17 heavy (non-hydrogen) atoms. The fraction of sp³-hybridized carbons (Fsp3) is 0.818. The second-order valence-electron chi connectivity index (χ2n) is 4.72. The normalized spacial score (nSPS) is 30.8. The van der Waals surface area contributed by atoms with Crippen molar-refractivity contribution < 1.29 is 9.47 Å². The molecular formula is C11H17N3O2S. The van der Waals surface area contributed by atoms with E-state index >= 15 is 0 Å². The number of fused-ring (bicyclic) bond motifs is 2. The molecule has 0 spiro atoms. The van der Waals surface area contributed by atoms with E-state index in [1.165, 1.54) is 6.42 Å². The average molecular weight is 255 g/mol. The van der Waals surface area contributed by atoms with Gasteiger partial charge in [-0.05, 0) is 12.8 Å². The molecule has 0 aromatic carbocycles. The van der Waals surface area contributed by atoms with Gasteiger partial charge in [0.2, 0.25) is 0 Å². The third-order valence-electron chi connectivity index (χ3n) is 3.43. The molecule has 94 valence electrons. The number of ether oxygens (including phenoxy) is 2. The van der Waals surface area contributed by atoms with Crippen molar-refractivity contribution in [2.75, 3.05) is 13.2 Å². The van der Waals surface area contributed by atoms with Crippen LogP contribution in [0.25, 0.3) is 0 Å². The molecule has 3 atom stereocenters. The third-order valence-corrected chi connectivity index (χ3v) is 3.93. The molecule has 1 saturated heterocycles. The van der Waals surface area contributed by atoms with Crippen LogP contribution in [-0.4, -0.2) is 34.0 Å². The first-order valence-corrected chi connectivity index (χ1v) is 6.95. The minimum Gasteiger partial charge on any atom is -0.473 e. The Labute approximate surface area is 105 Å². The summed E-state index contributed by atoms with van der Waals surface area (Å²) in [5.41, 5.74) is 0. The minimum absolute atomic E-state index is 0.286. The largest absolute Gasteiger partial charge is 0.473 e. The first-order valence-electron chi connectivity index (χ1n) is 6.22. The zero-order valence-corrected chi connectivity index (χ0v) is 10.7. The van der Waals surface area contributed by atoms with Crippen LogP contribution in [0.2, 0.25) is 0 Å². The molecule has 6 heteroatoms. The van der Waals surface area contributed by atoms with E-state index in [4.69, 9.17) is 9.47 Å². The highest BCUT2D eigenvalue weighted by Crippen LogP contribution is 2.36. The molecule has 3 rings (SSSR count). The van der Waals surface area contributed by atoms with Crippen molar-refractivity contribution in [1.29, 1.82) is 0 Å². The Balaban J connectivity index is 1.63. The molecular weight excluding hydrogens is 238 g/mol. The van der Waals surface area contributed by atoms with Crippen LogP contribution in [0.1, 0.15) is 26.2 Å². The molecule has 1 aliphatic carbocycles. The Hall–Kier alpha value is -0.880. The monoisotopic (exact) mass is 255 g/mol. The summed E-state index contributed by atoms with van der Waals surface area (Å²) in [4.78, 5) is 0. The summed E-state index contributed by atoms with van der Waals surface area (Å²) >= 11 is 1.15. The van der Waals surface area contributed by atoms with Gasteiger partial charge in [-0.2, -0.15) is 0 Å². The Bertz CT molecular complexity index is 385. The van der Waals surface area contributed by atoms with Gasteiger partial charge in [0.25, 0.3) is 11.8 Å². The predicted molar refractivity (Wildman–Crippen MR) is 64.6 cm³/mol. The zero-order chi connectivity index (χ0) is 11.7. The van der Waals surface area contributed by atoms with E-state index in [1.807, 2.05) is 0 Å². The summed E-state index contributed by atoms with van der Waals surface area (Å²) in [7, 11) is 0. The lowest BCUT2D eigenvalue weighted by atomic mass is 10.1. The zero-order valence-electron chi connectivity index (χ0n) is 9.89. The smallest absolute Gasteiger partial charge is 0.291 e. The van der Waals surface area contributed by atoms with Gasteiger partial charge in [-0.1, -0.05) is 6.92 Å². The van der Waals surface area contributed by atoms with Gasteiger partial charge < -0.3 is 14.8 Å². The van der Waals surface area contributed by atoms with E-state index in [0.717, 1.165) is 31.1 Å². The highest BCUT2D eigenvalue weighted by Gasteiger charge is 2.41. The second kappa shape index (κ2) is 4.78. The van der Waals surface area contributed by atoms with Crippen LogP contribution in [0.4, 0.5) is 0 Å². The highest BCUT2D eigenvalue weighted by molar-refractivity contribution is 6.99. The Kier molecular flexibility index (Phi) is 3.15. The molecule has 0 amide bonds. The van der Waals surface area contributed by atoms with Crippen molar-refractivity contribution in [3.8, 4) is 11.8 Å². The summed E-state index contributed by atoms with van der Waals surface area (Å²) < 4.78 is 19.8. The van der Waals surface area contributed by atoms with Crippen LogP contribution in [-0.2, 0) is 0 Å². The summed E-state index contributed by atoms with van der Waals surface area (Å²) in [6.07, 6.45) is 3.56. The second-order valence-corrected chi connectivity index (χ2v) is 5.24. The fourth-order valence-electron chi connectivity index (χ4n) is 2.60. The van der Waals surface area contributed by atoms with E-state index in [1.54, 1.807) is 0 Å². The number of nitrogens with one attached hydrogen (secondary N) is 1. The summed E-state index contributed by atoms with van der Waals surface area (Å²) in [6, 6.07) is 0.636. The van der Waals surface area contributed by atoms with Crippen molar-refractivity contribution in [1.82, 2.24) is 14.1 Å². The molecule has 2 heterocycles. The molecule has 5 nitrogen and oxygen atoms in total. The van der Waals surface area contributed by atoms with Crippen LogP contribution in [0.5, 0.6) is 11.8 Å². The Morgan fingerprint density at radius 3 is 2.94 bits per heavy atom. The van der Waals surface area contributed by atoms with Gasteiger partial charge in [0, 0.05) is 24.9 Å². The lowest BCUT2D eigenvalue weighted by Gasteiger charge is -2.22. The van der Waals surface area contributed by atoms with Crippen molar-refractivity contribution in [3.05, 3.63) is 0 Å². The summed E-state index contributed by atoms with van der Waals surface area (Å²) in [5, 5.41) is 3.47. The Morgan fingerprint density at radius 2 is 2.24 bits per heavy atom. The van der Waals surface area contributed by atoms with E-state index < -0.39 is 0 Å². The number of hydrogen-bond acceptors (Lipinski definition) is 6. The molecule has 2 aliphatic rings. The van der Waals surface area contributed by atoms with Gasteiger partial charge in [0.1, 0.15) is 6.10 Å². The Morgan fingerprint density at radius 1 is 1.35 bits per heavy atom. The van der Waals surface area contributed by atoms with Gasteiger partial charge in [-0.25, -0.2) is 0 Å². The SMILES string of the molecule is CCCOc1nsnc1OC1CC2CC1CN2. The van der Waals surface area contributed by atoms with Crippen LogP contribution in [0.15, 0.2) is 0 Å². The molecule has 1 aliphatic heterocycles. The first-order chi connectivity index (χ1) is 8.36. The van der Waals surface area contributed by atoms with Crippen molar-refractivity contribution in [2.24, 2.45) is 5.92 Å². The molecule has 2 bridgehead atoms. The number of piperidine rings is 1. The van der Waals surface area contributed by atoms with Gasteiger partial charge >= 0.3 is 0 Å². The molecule has 1 saturated carbocycles. The maximum absolute atomic E-state index is 5.95. The number of hydrogen-bond donors (Lipinski definition) is 1. The maximum Gasteiger partial charge on any atom is 0.291 e. The van der Waals surface area contributed by atoms with E-state index in [9.17, 15) is 0 Å². The number of nitrogens with zero attached hydrogens (tertiary/aromatic N) is 2. The van der Waals surface area contributed by atoms with E-state index in [2.05, 4.69) is 21.0 Å². The molecule has 1 N–H and O–H groups in total. The molecule has 1 aromatic heterocycles. The lowest BCUT2D eigenvalue weighted by molar-refractivity contribution is 0.133. The minimum atomic E-state index is 0.286. The average Bonchev–Trinajstić information content (AvgIpc) is 3.02. The maximum atomic E-state index is 5.95. The third kappa shape index (κ3) is 2.24. The quantitative estimate of drug-likeness (QED) is 0.863. The van der Waals surface area contributed by atoms with Crippen LogP contribution in [0.3, 0.4) is 0 Å². The standard InChI is InChI=1S/C11H17N3O2S/c1-2-3-15-10-11(14-17-13-10)16-9-5-8-4-7(9)6-12-8/h7-9,12H,2-6H2,1H3. The first kappa shape index (κ1) is 11.2. The summed E-state index contributed by atoms with van der Waals surface area (Å²) in [6.45, 7) is 3.81. The number of rotatable bonds is 5. The number of aromatic nitrogens is 2. The van der Waals surface area contributed by atoms with Crippen LogP contribution < -0.4 is 14.8 Å². The van der Waals surface area contributed by atoms with Crippen molar-refractivity contribution in [2.45, 2.75) is 38.3 Å². The van der Waals surface area contributed by atoms with Crippen LogP contribution in [0, 0.1) is 5.92 Å². The van der Waals surface area contributed by atoms with E-state index in [0.29, 0.717) is 30.3 Å². The van der Waals surface area contributed by atoms with E-state index in [-0.39, 0.29) is 6.10 Å². The van der Waals surface area contributed by atoms with Gasteiger partial charge in [0.05, 0.1) is 18.3 Å². The van der Waals surface area contributed by atoms with Crippen molar-refractivity contribution in [3.63, 3.8) is 0 Å². The fourth-order valence-corrected chi connectivity index (χ4v) is 3.05. The van der Waals surface area contributed by atoms with Crippen molar-refractivity contribution >= 4 is 11.7 Å². The van der Waals surface area contributed by atoms with Crippen LogP contribution >= 0.6 is 11.7 Å². The molecule has 2 fully saturated rings. The topological polar surface area (TPSA) is 56.3 Å². The predicted octanol–water partition coefficient (Wildman–Crippen LogP) is 1.46. The summed E-state index contributed by atoms with van der Waals surface area (Å²) in [5.74, 6) is 1.77. The van der Waals surface area contributed by atoms with Gasteiger partial charge in [-0.3, -0.25) is 0 Å². The molecule has 3 unspecified atom stereocenters. The molecule has 1 aromatic rings. The van der Waals surface area contributed by atoms with Gasteiger partial charge in [-0.15, -0.1) is 8.75 Å². The lowest BCUT2D eigenvalue weighted by Crippen LogP contribution is -2.35. The van der Waals surface area contributed by atoms with Gasteiger partial charge in [0.15, 0.2) is 0 Å². The molecule has 0 radical (unpaired) electrons.